The summed E-state index contributed by atoms with van der Waals surface area (Å²) in [6, 6.07) is 5.19. The van der Waals surface area contributed by atoms with Crippen LogP contribution in [0.25, 0.3) is 0 Å². The van der Waals surface area contributed by atoms with E-state index in [1.165, 1.54) is 18.2 Å². The van der Waals surface area contributed by atoms with Gasteiger partial charge in [0.05, 0.1) is 4.92 Å². The Balaban J connectivity index is 3.15. The molecule has 0 atom stereocenters. The molecule has 0 saturated carbocycles. The first kappa shape index (κ1) is 13.3. The van der Waals surface area contributed by atoms with Crippen LogP contribution < -0.4 is 4.72 Å². The first-order chi connectivity index (χ1) is 7.84. The zero-order valence-electron chi connectivity index (χ0n) is 9.21. The third kappa shape index (κ3) is 3.36. The van der Waals surface area contributed by atoms with Crippen LogP contribution in [0, 0.1) is 10.1 Å². The summed E-state index contributed by atoms with van der Waals surface area (Å²) >= 11 is 0. The fourth-order valence-corrected chi connectivity index (χ4v) is 2.40. The molecule has 0 aromatic heterocycles. The first-order valence-electron chi connectivity index (χ1n) is 4.72. The Labute approximate surface area is 99.2 Å². The van der Waals surface area contributed by atoms with E-state index in [1.807, 2.05) is 0 Å². The van der Waals surface area contributed by atoms with Crippen LogP contribution in [0.1, 0.15) is 6.92 Å². The predicted molar refractivity (Wildman–Crippen MR) is 63.1 cm³/mol. The second-order valence-corrected chi connectivity index (χ2v) is 5.24. The number of para-hydroxylation sites is 1. The Bertz CT molecular complexity index is 551. The van der Waals surface area contributed by atoms with E-state index in [2.05, 4.69) is 11.3 Å². The number of nitrogens with zero attached hydrogens (tertiary/aromatic N) is 1. The van der Waals surface area contributed by atoms with Crippen LogP contribution in [0.15, 0.2) is 41.3 Å². The van der Waals surface area contributed by atoms with Crippen molar-refractivity contribution in [1.82, 2.24) is 4.72 Å². The fourth-order valence-electron chi connectivity index (χ4n) is 1.13. The molecule has 1 N–H and O–H groups in total. The van der Waals surface area contributed by atoms with Gasteiger partial charge in [0.25, 0.3) is 5.69 Å². The Morgan fingerprint density at radius 2 is 2.06 bits per heavy atom. The van der Waals surface area contributed by atoms with Crippen molar-refractivity contribution >= 4 is 15.7 Å². The van der Waals surface area contributed by atoms with E-state index in [1.54, 1.807) is 6.92 Å². The monoisotopic (exact) mass is 256 g/mol. The van der Waals surface area contributed by atoms with Crippen LogP contribution in [-0.2, 0) is 10.0 Å². The zero-order valence-corrected chi connectivity index (χ0v) is 10.0. The highest BCUT2D eigenvalue weighted by molar-refractivity contribution is 7.89. The lowest BCUT2D eigenvalue weighted by Crippen LogP contribution is -2.25. The molecule has 0 amide bonds. The molecule has 0 heterocycles. The summed E-state index contributed by atoms with van der Waals surface area (Å²) in [5.74, 6) is 0. The van der Waals surface area contributed by atoms with Crippen molar-refractivity contribution in [1.29, 1.82) is 0 Å². The predicted octanol–water partition coefficient (Wildman–Crippen LogP) is 1.45. The molecule has 0 spiro atoms. The van der Waals surface area contributed by atoms with E-state index >= 15 is 0 Å². The maximum atomic E-state index is 11.8. The van der Waals surface area contributed by atoms with E-state index in [9.17, 15) is 18.5 Å². The van der Waals surface area contributed by atoms with Gasteiger partial charge in [0.1, 0.15) is 0 Å². The zero-order chi connectivity index (χ0) is 13.1. The van der Waals surface area contributed by atoms with Crippen molar-refractivity contribution < 1.29 is 13.3 Å². The molecule has 0 saturated heterocycles. The van der Waals surface area contributed by atoms with Gasteiger partial charge in [-0.1, -0.05) is 24.3 Å². The molecule has 0 aliphatic carbocycles. The minimum atomic E-state index is -3.88. The summed E-state index contributed by atoms with van der Waals surface area (Å²) in [5, 5.41) is 10.7. The number of nitro benzene ring substituents is 1. The lowest BCUT2D eigenvalue weighted by atomic mass is 10.3. The molecule has 1 rings (SSSR count). The summed E-state index contributed by atoms with van der Waals surface area (Å²) in [5.41, 5.74) is 0.175. The maximum Gasteiger partial charge on any atom is 0.289 e. The van der Waals surface area contributed by atoms with Crippen molar-refractivity contribution in [2.45, 2.75) is 11.8 Å². The molecule has 1 aromatic carbocycles. The van der Waals surface area contributed by atoms with E-state index in [0.29, 0.717) is 5.57 Å². The molecular weight excluding hydrogens is 244 g/mol. The highest BCUT2D eigenvalue weighted by atomic mass is 32.2. The van der Waals surface area contributed by atoms with Crippen LogP contribution in [-0.4, -0.2) is 19.9 Å². The van der Waals surface area contributed by atoms with Crippen LogP contribution >= 0.6 is 0 Å². The average Bonchev–Trinajstić information content (AvgIpc) is 2.26. The van der Waals surface area contributed by atoms with Gasteiger partial charge in [0.2, 0.25) is 10.0 Å². The third-order valence-electron chi connectivity index (χ3n) is 1.92. The van der Waals surface area contributed by atoms with Gasteiger partial charge in [-0.2, -0.15) is 0 Å². The fraction of sp³-hybridized carbons (Fsp3) is 0.200. The van der Waals surface area contributed by atoms with E-state index in [0.717, 1.165) is 6.07 Å². The van der Waals surface area contributed by atoms with Crippen LogP contribution in [0.4, 0.5) is 5.69 Å². The molecule has 0 aliphatic heterocycles. The van der Waals surface area contributed by atoms with E-state index in [-0.39, 0.29) is 11.4 Å². The van der Waals surface area contributed by atoms with Crippen molar-refractivity contribution in [3.8, 4) is 0 Å². The highest BCUT2D eigenvalue weighted by Crippen LogP contribution is 2.22. The van der Waals surface area contributed by atoms with Crippen molar-refractivity contribution in [2.75, 3.05) is 6.54 Å². The largest absolute Gasteiger partial charge is 0.289 e. The van der Waals surface area contributed by atoms with E-state index < -0.39 is 20.6 Å². The smallest absolute Gasteiger partial charge is 0.258 e. The van der Waals surface area contributed by atoms with Gasteiger partial charge in [-0.05, 0) is 13.0 Å². The topological polar surface area (TPSA) is 89.3 Å². The number of nitro groups is 1. The second-order valence-electron chi connectivity index (χ2n) is 3.51. The molecule has 1 aromatic rings. The van der Waals surface area contributed by atoms with Gasteiger partial charge in [-0.15, -0.1) is 0 Å². The van der Waals surface area contributed by atoms with Crippen LogP contribution in [0.5, 0.6) is 0 Å². The maximum absolute atomic E-state index is 11.8. The number of rotatable bonds is 5. The number of benzene rings is 1. The van der Waals surface area contributed by atoms with Gasteiger partial charge in [-0.3, -0.25) is 10.1 Å². The third-order valence-corrected chi connectivity index (χ3v) is 3.36. The Morgan fingerprint density at radius 3 is 2.59 bits per heavy atom. The number of hydrogen-bond acceptors (Lipinski definition) is 4. The standard InChI is InChI=1S/C10H12N2O4S/c1-8(2)7-11-17(15,16)10-6-4-3-5-9(10)12(13)14/h3-6,11H,1,7H2,2H3. The average molecular weight is 256 g/mol. The quantitative estimate of drug-likeness (QED) is 0.490. The minimum Gasteiger partial charge on any atom is -0.258 e. The second kappa shape index (κ2) is 5.07. The van der Waals surface area contributed by atoms with Gasteiger partial charge in [0, 0.05) is 12.6 Å². The molecule has 0 fully saturated rings. The van der Waals surface area contributed by atoms with Gasteiger partial charge >= 0.3 is 0 Å². The number of sulfonamides is 1. The molecule has 7 heteroatoms. The normalized spacial score (nSPS) is 11.1. The molecular formula is C10H12N2O4S. The van der Waals surface area contributed by atoms with Gasteiger partial charge in [-0.25, -0.2) is 13.1 Å². The van der Waals surface area contributed by atoms with Gasteiger partial charge in [0.15, 0.2) is 4.90 Å². The molecule has 0 radical (unpaired) electrons. The van der Waals surface area contributed by atoms with Crippen molar-refractivity contribution in [2.24, 2.45) is 0 Å². The summed E-state index contributed by atoms with van der Waals surface area (Å²) < 4.78 is 25.8. The summed E-state index contributed by atoms with van der Waals surface area (Å²) in [6.07, 6.45) is 0. The van der Waals surface area contributed by atoms with Crippen molar-refractivity contribution in [3.63, 3.8) is 0 Å². The Kier molecular flexibility index (Phi) is 3.97. The van der Waals surface area contributed by atoms with Crippen LogP contribution in [0.2, 0.25) is 0 Å². The summed E-state index contributed by atoms with van der Waals surface area (Å²) in [6.45, 7) is 5.25. The van der Waals surface area contributed by atoms with Crippen LogP contribution in [0.3, 0.4) is 0 Å². The first-order valence-corrected chi connectivity index (χ1v) is 6.20. The molecule has 0 unspecified atom stereocenters. The highest BCUT2D eigenvalue weighted by Gasteiger charge is 2.24. The van der Waals surface area contributed by atoms with Crippen molar-refractivity contribution in [3.05, 3.63) is 46.5 Å². The van der Waals surface area contributed by atoms with Gasteiger partial charge < -0.3 is 0 Å². The molecule has 17 heavy (non-hydrogen) atoms. The molecule has 0 bridgehead atoms. The van der Waals surface area contributed by atoms with E-state index in [4.69, 9.17) is 0 Å². The summed E-state index contributed by atoms with van der Waals surface area (Å²) in [7, 11) is -3.88. The number of nitrogens with one attached hydrogen (secondary N) is 1. The minimum absolute atomic E-state index is 0.0500. The SMILES string of the molecule is C=C(C)CNS(=O)(=O)c1ccccc1[N+](=O)[O-]. The lowest BCUT2D eigenvalue weighted by Gasteiger charge is -2.06. The Morgan fingerprint density at radius 1 is 1.47 bits per heavy atom. The molecule has 0 aliphatic rings. The summed E-state index contributed by atoms with van der Waals surface area (Å²) in [4.78, 5) is 9.63. The lowest BCUT2D eigenvalue weighted by molar-refractivity contribution is -0.387. The molecule has 6 nitrogen and oxygen atoms in total. The Hall–Kier alpha value is -1.73. The molecule has 92 valence electrons. The number of hydrogen-bond donors (Lipinski definition) is 1.